The predicted molar refractivity (Wildman–Crippen MR) is 94.1 cm³/mol. The lowest BCUT2D eigenvalue weighted by atomic mass is 10.1. The summed E-state index contributed by atoms with van der Waals surface area (Å²) in [6, 6.07) is 16.3. The smallest absolute Gasteiger partial charge is 0.0889 e. The molecule has 2 aromatic rings. The van der Waals surface area contributed by atoms with Crippen molar-refractivity contribution in [1.82, 2.24) is 0 Å². The summed E-state index contributed by atoms with van der Waals surface area (Å²) in [5.74, 6) is 0. The van der Waals surface area contributed by atoms with E-state index in [1.165, 1.54) is 11.1 Å². The van der Waals surface area contributed by atoms with Crippen molar-refractivity contribution in [2.45, 2.75) is 25.7 Å². The highest BCUT2D eigenvalue weighted by Crippen LogP contribution is 2.24. The van der Waals surface area contributed by atoms with E-state index in [-0.39, 0.29) is 0 Å². The SMILES string of the molecule is C=CCCc1cccc(N=Nc2ccccc2CCC=C)c1. The van der Waals surface area contributed by atoms with Gasteiger partial charge >= 0.3 is 0 Å². The van der Waals surface area contributed by atoms with Gasteiger partial charge in [-0.1, -0.05) is 42.5 Å². The summed E-state index contributed by atoms with van der Waals surface area (Å²) < 4.78 is 0. The number of nitrogens with zero attached hydrogens (tertiary/aromatic N) is 2. The largest absolute Gasteiger partial charge is 0.151 e. The Kier molecular flexibility index (Phi) is 6.31. The third kappa shape index (κ3) is 4.81. The molecule has 0 aliphatic heterocycles. The monoisotopic (exact) mass is 290 g/mol. The number of azo groups is 1. The molecule has 0 fully saturated rings. The van der Waals surface area contributed by atoms with Gasteiger partial charge in [0.15, 0.2) is 0 Å². The molecule has 2 nitrogen and oxygen atoms in total. The number of hydrogen-bond acceptors (Lipinski definition) is 2. The maximum absolute atomic E-state index is 4.42. The van der Waals surface area contributed by atoms with Gasteiger partial charge in [-0.2, -0.15) is 10.2 Å². The van der Waals surface area contributed by atoms with Crippen LogP contribution in [-0.4, -0.2) is 0 Å². The number of hydrogen-bond donors (Lipinski definition) is 0. The number of rotatable bonds is 8. The van der Waals surface area contributed by atoms with E-state index in [9.17, 15) is 0 Å². The first-order valence-corrected chi connectivity index (χ1v) is 7.64. The number of benzene rings is 2. The fourth-order valence-corrected chi connectivity index (χ4v) is 2.23. The highest BCUT2D eigenvalue weighted by Gasteiger charge is 2.00. The molecule has 0 N–H and O–H groups in total. The minimum absolute atomic E-state index is 0.889. The van der Waals surface area contributed by atoms with E-state index in [2.05, 4.69) is 41.6 Å². The molecule has 0 heterocycles. The standard InChI is InChI=1S/C20H22N2/c1-3-5-10-17-11-9-14-19(16-17)21-22-20-15-8-7-13-18(20)12-6-4-2/h3-4,7-9,11,13-16H,1-2,5-6,10,12H2. The van der Waals surface area contributed by atoms with Crippen molar-refractivity contribution in [1.29, 1.82) is 0 Å². The molecule has 0 spiro atoms. The summed E-state index contributed by atoms with van der Waals surface area (Å²) in [4.78, 5) is 0. The quantitative estimate of drug-likeness (QED) is 0.400. The molecule has 2 heteroatoms. The van der Waals surface area contributed by atoms with Gasteiger partial charge in [-0.05, 0) is 55.0 Å². The normalized spacial score (nSPS) is 10.7. The van der Waals surface area contributed by atoms with Crippen LogP contribution in [0.25, 0.3) is 0 Å². The molecule has 0 aliphatic rings. The van der Waals surface area contributed by atoms with Crippen LogP contribution in [0.15, 0.2) is 84.1 Å². The Bertz CT molecular complexity index is 656. The summed E-state index contributed by atoms with van der Waals surface area (Å²) in [5, 5.41) is 8.81. The van der Waals surface area contributed by atoms with Crippen molar-refractivity contribution >= 4 is 11.4 Å². The van der Waals surface area contributed by atoms with Gasteiger partial charge in [0.05, 0.1) is 11.4 Å². The molecule has 0 aliphatic carbocycles. The van der Waals surface area contributed by atoms with Gasteiger partial charge in [-0.3, -0.25) is 0 Å². The number of aryl methyl sites for hydroxylation is 2. The Labute approximate surface area is 132 Å². The molecule has 0 saturated carbocycles. The molecule has 0 unspecified atom stereocenters. The van der Waals surface area contributed by atoms with Crippen molar-refractivity contribution in [3.05, 3.63) is 85.0 Å². The number of allylic oxidation sites excluding steroid dienone is 2. The molecular formula is C20H22N2. The molecular weight excluding hydrogens is 268 g/mol. The van der Waals surface area contributed by atoms with Crippen LogP contribution in [0.2, 0.25) is 0 Å². The van der Waals surface area contributed by atoms with Crippen molar-refractivity contribution in [2.75, 3.05) is 0 Å². The maximum Gasteiger partial charge on any atom is 0.0889 e. The third-order valence-electron chi connectivity index (χ3n) is 3.43. The van der Waals surface area contributed by atoms with Crippen LogP contribution >= 0.6 is 0 Å². The molecule has 112 valence electrons. The van der Waals surface area contributed by atoms with Gasteiger partial charge in [-0.25, -0.2) is 0 Å². The summed E-state index contributed by atoms with van der Waals surface area (Å²) >= 11 is 0. The van der Waals surface area contributed by atoms with E-state index in [0.29, 0.717) is 0 Å². The zero-order valence-corrected chi connectivity index (χ0v) is 12.9. The summed E-state index contributed by atoms with van der Waals surface area (Å²) in [6.07, 6.45) is 7.72. The zero-order chi connectivity index (χ0) is 15.6. The van der Waals surface area contributed by atoms with Crippen LogP contribution in [0.5, 0.6) is 0 Å². The average Bonchev–Trinajstić information content (AvgIpc) is 2.57. The van der Waals surface area contributed by atoms with E-state index in [0.717, 1.165) is 37.1 Å². The summed E-state index contributed by atoms with van der Waals surface area (Å²) in [7, 11) is 0. The van der Waals surface area contributed by atoms with Crippen molar-refractivity contribution in [3.8, 4) is 0 Å². The molecule has 0 aromatic heterocycles. The van der Waals surface area contributed by atoms with E-state index >= 15 is 0 Å². The van der Waals surface area contributed by atoms with Crippen molar-refractivity contribution in [3.63, 3.8) is 0 Å². The second-order valence-corrected chi connectivity index (χ2v) is 5.15. The minimum atomic E-state index is 0.889. The Morgan fingerprint density at radius 2 is 1.59 bits per heavy atom. The van der Waals surface area contributed by atoms with Gasteiger partial charge in [-0.15, -0.1) is 13.2 Å². The molecule has 0 saturated heterocycles. The predicted octanol–water partition coefficient (Wildman–Crippen LogP) is 6.34. The Balaban J connectivity index is 2.14. The van der Waals surface area contributed by atoms with Gasteiger partial charge in [0, 0.05) is 0 Å². The van der Waals surface area contributed by atoms with Crippen molar-refractivity contribution in [2.24, 2.45) is 10.2 Å². The van der Waals surface area contributed by atoms with Gasteiger partial charge in [0.1, 0.15) is 0 Å². The fraction of sp³-hybridized carbons (Fsp3) is 0.200. The molecule has 22 heavy (non-hydrogen) atoms. The molecule has 0 bridgehead atoms. The maximum atomic E-state index is 4.42. The Morgan fingerprint density at radius 3 is 2.41 bits per heavy atom. The highest BCUT2D eigenvalue weighted by molar-refractivity contribution is 5.47. The van der Waals surface area contributed by atoms with E-state index < -0.39 is 0 Å². The van der Waals surface area contributed by atoms with Crippen LogP contribution in [0.4, 0.5) is 11.4 Å². The molecule has 0 radical (unpaired) electrons. The van der Waals surface area contributed by atoms with Crippen LogP contribution in [0, 0.1) is 0 Å². The van der Waals surface area contributed by atoms with Gasteiger partial charge < -0.3 is 0 Å². The third-order valence-corrected chi connectivity index (χ3v) is 3.43. The van der Waals surface area contributed by atoms with Gasteiger partial charge in [0.25, 0.3) is 0 Å². The van der Waals surface area contributed by atoms with E-state index in [1.807, 2.05) is 42.5 Å². The lowest BCUT2D eigenvalue weighted by molar-refractivity contribution is 0.993. The van der Waals surface area contributed by atoms with E-state index in [1.54, 1.807) is 0 Å². The molecule has 2 aromatic carbocycles. The zero-order valence-electron chi connectivity index (χ0n) is 12.9. The first-order chi connectivity index (χ1) is 10.8. The van der Waals surface area contributed by atoms with E-state index in [4.69, 9.17) is 0 Å². The Hall–Kier alpha value is -2.48. The van der Waals surface area contributed by atoms with Crippen LogP contribution in [0.1, 0.15) is 24.0 Å². The summed E-state index contributed by atoms with van der Waals surface area (Å²) in [5.41, 5.74) is 4.28. The fourth-order valence-electron chi connectivity index (χ4n) is 2.23. The van der Waals surface area contributed by atoms with Crippen LogP contribution < -0.4 is 0 Å². The van der Waals surface area contributed by atoms with Crippen molar-refractivity contribution < 1.29 is 0 Å². The summed E-state index contributed by atoms with van der Waals surface area (Å²) in [6.45, 7) is 7.53. The highest BCUT2D eigenvalue weighted by atomic mass is 15.1. The topological polar surface area (TPSA) is 24.7 Å². The second-order valence-electron chi connectivity index (χ2n) is 5.15. The average molecular weight is 290 g/mol. The lowest BCUT2D eigenvalue weighted by Crippen LogP contribution is -1.83. The molecule has 2 rings (SSSR count). The minimum Gasteiger partial charge on any atom is -0.151 e. The van der Waals surface area contributed by atoms with Crippen LogP contribution in [-0.2, 0) is 12.8 Å². The first kappa shape index (κ1) is 15.9. The molecule has 0 amide bonds. The van der Waals surface area contributed by atoms with Crippen LogP contribution in [0.3, 0.4) is 0 Å². The Morgan fingerprint density at radius 1 is 0.818 bits per heavy atom. The van der Waals surface area contributed by atoms with Gasteiger partial charge in [0.2, 0.25) is 0 Å². The first-order valence-electron chi connectivity index (χ1n) is 7.64. The molecule has 0 atom stereocenters. The second kappa shape index (κ2) is 8.73. The lowest BCUT2D eigenvalue weighted by Gasteiger charge is -2.03.